The first-order chi connectivity index (χ1) is 9.15. The molecule has 0 saturated heterocycles. The Balaban J connectivity index is 2.04. The lowest BCUT2D eigenvalue weighted by Gasteiger charge is -2.18. The summed E-state index contributed by atoms with van der Waals surface area (Å²) >= 11 is 0. The van der Waals surface area contributed by atoms with Gasteiger partial charge in [0.15, 0.2) is 17.2 Å². The molecular formula is C13H12N2O4. The van der Waals surface area contributed by atoms with Gasteiger partial charge in [0.2, 0.25) is 0 Å². The maximum atomic E-state index is 10.9. The Morgan fingerprint density at radius 3 is 2.68 bits per heavy atom. The van der Waals surface area contributed by atoms with E-state index in [4.69, 9.17) is 14.6 Å². The zero-order valence-electron chi connectivity index (χ0n) is 10.3. The fourth-order valence-electron chi connectivity index (χ4n) is 2.04. The monoisotopic (exact) mass is 260 g/mol. The number of rotatable bonds is 2. The van der Waals surface area contributed by atoms with Crippen LogP contribution in [0.1, 0.15) is 10.5 Å². The van der Waals surface area contributed by atoms with E-state index in [2.05, 4.69) is 5.10 Å². The fraction of sp³-hybridized carbons (Fsp3) is 0.231. The van der Waals surface area contributed by atoms with Crippen molar-refractivity contribution in [3.63, 3.8) is 0 Å². The van der Waals surface area contributed by atoms with E-state index < -0.39 is 5.97 Å². The average molecular weight is 260 g/mol. The second-order valence-corrected chi connectivity index (χ2v) is 4.20. The number of aromatic nitrogens is 2. The van der Waals surface area contributed by atoms with Crippen molar-refractivity contribution in [3.8, 4) is 22.8 Å². The lowest BCUT2D eigenvalue weighted by atomic mass is 10.1. The fourth-order valence-corrected chi connectivity index (χ4v) is 2.04. The third kappa shape index (κ3) is 2.01. The molecule has 0 saturated carbocycles. The van der Waals surface area contributed by atoms with Crippen LogP contribution in [-0.2, 0) is 7.05 Å². The van der Waals surface area contributed by atoms with Crippen molar-refractivity contribution in [3.05, 3.63) is 30.0 Å². The van der Waals surface area contributed by atoms with Gasteiger partial charge in [-0.05, 0) is 24.3 Å². The molecule has 3 rings (SSSR count). The van der Waals surface area contributed by atoms with Gasteiger partial charge in [0.1, 0.15) is 13.2 Å². The molecule has 0 spiro atoms. The summed E-state index contributed by atoms with van der Waals surface area (Å²) in [5.74, 6) is 0.330. The highest BCUT2D eigenvalue weighted by Gasteiger charge is 2.16. The third-order valence-electron chi connectivity index (χ3n) is 2.94. The van der Waals surface area contributed by atoms with Gasteiger partial charge in [-0.15, -0.1) is 0 Å². The quantitative estimate of drug-likeness (QED) is 0.887. The van der Waals surface area contributed by atoms with Crippen LogP contribution < -0.4 is 9.47 Å². The first kappa shape index (κ1) is 11.6. The van der Waals surface area contributed by atoms with Gasteiger partial charge in [0.25, 0.3) is 0 Å². The molecule has 2 aromatic rings. The SMILES string of the molecule is Cn1nc(C(=O)O)cc1-c1ccc2c(c1)OCCO2. The van der Waals surface area contributed by atoms with Crippen LogP contribution in [0.2, 0.25) is 0 Å². The highest BCUT2D eigenvalue weighted by molar-refractivity contribution is 5.87. The van der Waals surface area contributed by atoms with Crippen molar-refractivity contribution in [1.82, 2.24) is 9.78 Å². The lowest BCUT2D eigenvalue weighted by molar-refractivity contribution is 0.0689. The normalized spacial score (nSPS) is 13.3. The van der Waals surface area contributed by atoms with Gasteiger partial charge in [0, 0.05) is 12.6 Å². The minimum absolute atomic E-state index is 0.0207. The first-order valence-electron chi connectivity index (χ1n) is 5.82. The molecule has 19 heavy (non-hydrogen) atoms. The Morgan fingerprint density at radius 2 is 2.00 bits per heavy atom. The standard InChI is InChI=1S/C13H12N2O4/c1-15-10(7-9(14-15)13(16)17)8-2-3-11-12(6-8)19-5-4-18-11/h2-3,6-7H,4-5H2,1H3,(H,16,17). The number of fused-ring (bicyclic) bond motifs is 1. The number of hydrogen-bond acceptors (Lipinski definition) is 4. The molecule has 0 fully saturated rings. The summed E-state index contributed by atoms with van der Waals surface area (Å²) in [5, 5.41) is 12.9. The van der Waals surface area contributed by atoms with Crippen LogP contribution in [0.15, 0.2) is 24.3 Å². The van der Waals surface area contributed by atoms with E-state index in [1.165, 1.54) is 10.7 Å². The van der Waals surface area contributed by atoms with Crippen molar-refractivity contribution in [2.24, 2.45) is 7.05 Å². The van der Waals surface area contributed by atoms with E-state index >= 15 is 0 Å². The number of carboxylic acids is 1. The number of carboxylic acid groups (broad SMARTS) is 1. The minimum atomic E-state index is -1.04. The van der Waals surface area contributed by atoms with Crippen LogP contribution in [-0.4, -0.2) is 34.1 Å². The molecule has 0 amide bonds. The molecule has 98 valence electrons. The number of nitrogens with zero attached hydrogens (tertiary/aromatic N) is 2. The van der Waals surface area contributed by atoms with Gasteiger partial charge in [-0.25, -0.2) is 4.79 Å². The molecule has 1 N–H and O–H groups in total. The molecule has 0 unspecified atom stereocenters. The Bertz CT molecular complexity index is 648. The Morgan fingerprint density at radius 1 is 1.26 bits per heavy atom. The predicted molar refractivity (Wildman–Crippen MR) is 66.6 cm³/mol. The predicted octanol–water partition coefficient (Wildman–Crippen LogP) is 1.56. The molecule has 2 heterocycles. The first-order valence-corrected chi connectivity index (χ1v) is 5.82. The summed E-state index contributed by atoms with van der Waals surface area (Å²) in [4.78, 5) is 10.9. The van der Waals surface area contributed by atoms with E-state index in [1.807, 2.05) is 18.2 Å². The highest BCUT2D eigenvalue weighted by Crippen LogP contribution is 2.34. The molecule has 1 aliphatic heterocycles. The number of hydrogen-bond donors (Lipinski definition) is 1. The molecule has 0 bridgehead atoms. The molecule has 0 atom stereocenters. The molecule has 1 aromatic carbocycles. The van der Waals surface area contributed by atoms with Crippen LogP contribution in [0, 0.1) is 0 Å². The molecule has 1 aliphatic rings. The molecular weight excluding hydrogens is 248 g/mol. The third-order valence-corrected chi connectivity index (χ3v) is 2.94. The molecule has 6 nitrogen and oxygen atoms in total. The summed E-state index contributed by atoms with van der Waals surface area (Å²) in [6.45, 7) is 1.06. The Labute approximate surface area is 109 Å². The minimum Gasteiger partial charge on any atom is -0.486 e. The van der Waals surface area contributed by atoms with E-state index in [1.54, 1.807) is 7.05 Å². The maximum absolute atomic E-state index is 10.9. The van der Waals surface area contributed by atoms with Gasteiger partial charge in [-0.2, -0.15) is 5.10 Å². The van der Waals surface area contributed by atoms with Crippen LogP contribution >= 0.6 is 0 Å². The Kier molecular flexibility index (Phi) is 2.63. The smallest absolute Gasteiger partial charge is 0.356 e. The Hall–Kier alpha value is -2.50. The summed E-state index contributed by atoms with van der Waals surface area (Å²) in [6.07, 6.45) is 0. The van der Waals surface area contributed by atoms with Gasteiger partial charge >= 0.3 is 5.97 Å². The van der Waals surface area contributed by atoms with Crippen LogP contribution in [0.25, 0.3) is 11.3 Å². The van der Waals surface area contributed by atoms with E-state index in [0.29, 0.717) is 24.7 Å². The van der Waals surface area contributed by atoms with Gasteiger partial charge in [-0.1, -0.05) is 0 Å². The van der Waals surface area contributed by atoms with Crippen molar-refractivity contribution >= 4 is 5.97 Å². The van der Waals surface area contributed by atoms with Gasteiger partial charge < -0.3 is 14.6 Å². The van der Waals surface area contributed by atoms with Crippen molar-refractivity contribution in [2.75, 3.05) is 13.2 Å². The van der Waals surface area contributed by atoms with E-state index in [-0.39, 0.29) is 5.69 Å². The van der Waals surface area contributed by atoms with Gasteiger partial charge in [0.05, 0.1) is 5.69 Å². The molecule has 0 radical (unpaired) electrons. The van der Waals surface area contributed by atoms with Crippen LogP contribution in [0.3, 0.4) is 0 Å². The number of benzene rings is 1. The summed E-state index contributed by atoms with van der Waals surface area (Å²) < 4.78 is 12.5. The molecule has 1 aromatic heterocycles. The van der Waals surface area contributed by atoms with Crippen molar-refractivity contribution in [1.29, 1.82) is 0 Å². The van der Waals surface area contributed by atoms with Gasteiger partial charge in [-0.3, -0.25) is 4.68 Å². The second-order valence-electron chi connectivity index (χ2n) is 4.20. The summed E-state index contributed by atoms with van der Waals surface area (Å²) in [5.41, 5.74) is 1.58. The molecule has 0 aliphatic carbocycles. The average Bonchev–Trinajstić information content (AvgIpc) is 2.80. The van der Waals surface area contributed by atoms with Crippen LogP contribution in [0.4, 0.5) is 0 Å². The van der Waals surface area contributed by atoms with Crippen molar-refractivity contribution in [2.45, 2.75) is 0 Å². The number of aromatic carboxylic acids is 1. The zero-order chi connectivity index (χ0) is 13.4. The summed E-state index contributed by atoms with van der Waals surface area (Å²) in [6, 6.07) is 7.04. The largest absolute Gasteiger partial charge is 0.486 e. The van der Waals surface area contributed by atoms with E-state index in [9.17, 15) is 4.79 Å². The van der Waals surface area contributed by atoms with Crippen LogP contribution in [0.5, 0.6) is 11.5 Å². The number of aryl methyl sites for hydroxylation is 1. The number of ether oxygens (including phenoxy) is 2. The maximum Gasteiger partial charge on any atom is 0.356 e. The second kappa shape index (κ2) is 4.31. The van der Waals surface area contributed by atoms with E-state index in [0.717, 1.165) is 11.3 Å². The topological polar surface area (TPSA) is 73.6 Å². The lowest BCUT2D eigenvalue weighted by Crippen LogP contribution is -2.15. The zero-order valence-corrected chi connectivity index (χ0v) is 10.3. The summed E-state index contributed by atoms with van der Waals surface area (Å²) in [7, 11) is 1.71. The molecule has 6 heteroatoms. The van der Waals surface area contributed by atoms with Crippen molar-refractivity contribution < 1.29 is 19.4 Å². The highest BCUT2D eigenvalue weighted by atomic mass is 16.6. The number of carbonyl (C=O) groups is 1.